The van der Waals surface area contributed by atoms with Gasteiger partial charge in [-0.3, -0.25) is 0 Å². The highest BCUT2D eigenvalue weighted by Crippen LogP contribution is 2.38. The van der Waals surface area contributed by atoms with Crippen molar-refractivity contribution in [2.45, 2.75) is 18.2 Å². The lowest BCUT2D eigenvalue weighted by molar-refractivity contribution is 0.108. The summed E-state index contributed by atoms with van der Waals surface area (Å²) < 4.78 is 56.8. The van der Waals surface area contributed by atoms with Crippen LogP contribution >= 0.6 is 15.9 Å². The van der Waals surface area contributed by atoms with Crippen LogP contribution in [0.5, 0.6) is 5.75 Å². The molecule has 0 saturated carbocycles. The third-order valence-corrected chi connectivity index (χ3v) is 2.24. The third kappa shape index (κ3) is 2.87. The highest BCUT2D eigenvalue weighted by molar-refractivity contribution is 9.09. The zero-order chi connectivity index (χ0) is 12.3. The monoisotopic (exact) mass is 300 g/mol. The summed E-state index contributed by atoms with van der Waals surface area (Å²) in [6, 6.07) is 1.77. The highest BCUT2D eigenvalue weighted by Gasteiger charge is 2.33. The Bertz CT molecular complexity index is 376. The molecule has 0 fully saturated rings. The van der Waals surface area contributed by atoms with Gasteiger partial charge in [0.15, 0.2) is 11.6 Å². The Hall–Kier alpha value is -0.780. The van der Waals surface area contributed by atoms with E-state index < -0.39 is 22.0 Å². The van der Waals surface area contributed by atoms with E-state index >= 15 is 0 Å². The van der Waals surface area contributed by atoms with Crippen LogP contribution in [0, 0.1) is 11.6 Å². The van der Waals surface area contributed by atoms with Gasteiger partial charge in [-0.2, -0.15) is 13.2 Å². The van der Waals surface area contributed by atoms with E-state index in [1.807, 2.05) is 15.9 Å². The summed E-state index contributed by atoms with van der Waals surface area (Å²) >= 11 is 1.97. The Kier molecular flexibility index (Phi) is 4.18. The highest BCUT2D eigenvalue weighted by atomic mass is 79.9. The minimum absolute atomic E-state index is 0.195. The molecule has 0 unspecified atom stereocenters. The molecular formula is C10H9BrF4O. The van der Waals surface area contributed by atoms with Crippen LogP contribution in [0.15, 0.2) is 12.1 Å². The summed E-state index contributed by atoms with van der Waals surface area (Å²) in [5, 5.41) is 0. The molecule has 0 bridgehead atoms. The third-order valence-electron chi connectivity index (χ3n) is 1.81. The molecule has 0 radical (unpaired) electrons. The maximum atomic E-state index is 13.3. The fraction of sp³-hybridized carbons (Fsp3) is 0.400. The molecule has 6 heteroatoms. The Morgan fingerprint density at radius 1 is 1.25 bits per heavy atom. The molecule has 1 aromatic carbocycles. The van der Waals surface area contributed by atoms with Crippen LogP contribution < -0.4 is 4.74 Å². The van der Waals surface area contributed by atoms with Gasteiger partial charge >= 0.3 is 4.83 Å². The maximum Gasteiger partial charge on any atom is 0.329 e. The average Bonchev–Trinajstić information content (AvgIpc) is 2.18. The van der Waals surface area contributed by atoms with Gasteiger partial charge in [-0.15, -0.1) is 0 Å². The predicted molar refractivity (Wildman–Crippen MR) is 55.0 cm³/mol. The second-order valence-electron chi connectivity index (χ2n) is 3.09. The first-order chi connectivity index (χ1) is 7.38. The number of benzene rings is 1. The van der Waals surface area contributed by atoms with E-state index in [-0.39, 0.29) is 12.4 Å². The molecular weight excluding hydrogens is 292 g/mol. The first-order valence-electron chi connectivity index (χ1n) is 4.56. The molecule has 0 aromatic heterocycles. The van der Waals surface area contributed by atoms with Gasteiger partial charge < -0.3 is 4.74 Å². The van der Waals surface area contributed by atoms with Crippen LogP contribution in [-0.2, 0) is 4.83 Å². The number of rotatable bonds is 4. The standard InChI is InChI=1S/C10H9BrF4O/c1-2-5-16-7-4-3-6(10(11,14)15)8(12)9(7)13/h3-4H,2,5H2,1H3. The second-order valence-corrected chi connectivity index (χ2v) is 4.08. The predicted octanol–water partition coefficient (Wildman–Crippen LogP) is 4.20. The normalized spacial score (nSPS) is 11.6. The lowest BCUT2D eigenvalue weighted by Crippen LogP contribution is -2.09. The average molecular weight is 301 g/mol. The van der Waals surface area contributed by atoms with Crippen LogP contribution in [0.25, 0.3) is 0 Å². The van der Waals surface area contributed by atoms with Crippen molar-refractivity contribution in [1.29, 1.82) is 0 Å². The Balaban J connectivity index is 3.08. The number of hydrogen-bond acceptors (Lipinski definition) is 1. The van der Waals surface area contributed by atoms with E-state index in [1.54, 1.807) is 6.92 Å². The van der Waals surface area contributed by atoms with E-state index in [1.165, 1.54) is 0 Å². The van der Waals surface area contributed by atoms with Crippen LogP contribution in [0.3, 0.4) is 0 Å². The molecule has 0 N–H and O–H groups in total. The zero-order valence-corrected chi connectivity index (χ0v) is 9.95. The van der Waals surface area contributed by atoms with Crippen LogP contribution in [-0.4, -0.2) is 6.61 Å². The van der Waals surface area contributed by atoms with Gasteiger partial charge in [-0.05, 0) is 34.5 Å². The maximum absolute atomic E-state index is 13.3. The molecule has 0 saturated heterocycles. The summed E-state index contributed by atoms with van der Waals surface area (Å²) in [5.41, 5.74) is -1.05. The van der Waals surface area contributed by atoms with E-state index in [0.29, 0.717) is 6.42 Å². The summed E-state index contributed by atoms with van der Waals surface area (Å²) in [4.78, 5) is -3.60. The molecule has 0 atom stereocenters. The Morgan fingerprint density at radius 2 is 1.88 bits per heavy atom. The van der Waals surface area contributed by atoms with Gasteiger partial charge in [0.1, 0.15) is 0 Å². The molecule has 90 valence electrons. The first-order valence-corrected chi connectivity index (χ1v) is 5.35. The second kappa shape index (κ2) is 5.03. The minimum atomic E-state index is -3.60. The number of ether oxygens (including phenoxy) is 1. The van der Waals surface area contributed by atoms with Crippen molar-refractivity contribution < 1.29 is 22.3 Å². The molecule has 0 aliphatic rings. The van der Waals surface area contributed by atoms with E-state index in [2.05, 4.69) is 0 Å². The van der Waals surface area contributed by atoms with Gasteiger partial charge in [0.25, 0.3) is 0 Å². The SMILES string of the molecule is CCCOc1ccc(C(F)(F)Br)c(F)c1F. The van der Waals surface area contributed by atoms with E-state index in [4.69, 9.17) is 4.74 Å². The minimum Gasteiger partial charge on any atom is -0.490 e. The molecule has 0 aliphatic carbocycles. The van der Waals surface area contributed by atoms with Crippen molar-refractivity contribution in [3.63, 3.8) is 0 Å². The van der Waals surface area contributed by atoms with Gasteiger partial charge in [0.05, 0.1) is 12.2 Å². The van der Waals surface area contributed by atoms with Crippen LogP contribution in [0.2, 0.25) is 0 Å². The molecule has 16 heavy (non-hydrogen) atoms. The lowest BCUT2D eigenvalue weighted by Gasteiger charge is -2.12. The largest absolute Gasteiger partial charge is 0.490 e. The smallest absolute Gasteiger partial charge is 0.329 e. The van der Waals surface area contributed by atoms with Crippen molar-refractivity contribution in [3.05, 3.63) is 29.3 Å². The van der Waals surface area contributed by atoms with Gasteiger partial charge in [-0.25, -0.2) is 4.39 Å². The summed E-state index contributed by atoms with van der Waals surface area (Å²) in [7, 11) is 0. The lowest BCUT2D eigenvalue weighted by atomic mass is 10.2. The van der Waals surface area contributed by atoms with Crippen LogP contribution in [0.4, 0.5) is 17.6 Å². The van der Waals surface area contributed by atoms with Crippen molar-refractivity contribution >= 4 is 15.9 Å². The van der Waals surface area contributed by atoms with Crippen molar-refractivity contribution in [3.8, 4) is 5.75 Å². The summed E-state index contributed by atoms with van der Waals surface area (Å²) in [6.07, 6.45) is 0.609. The van der Waals surface area contributed by atoms with Gasteiger partial charge in [0, 0.05) is 0 Å². The molecule has 0 heterocycles. The quantitative estimate of drug-likeness (QED) is 0.598. The Morgan fingerprint density at radius 3 is 2.38 bits per heavy atom. The number of halogens is 5. The van der Waals surface area contributed by atoms with E-state index in [0.717, 1.165) is 12.1 Å². The first kappa shape index (κ1) is 13.3. The van der Waals surface area contributed by atoms with E-state index in [9.17, 15) is 17.6 Å². The molecule has 1 rings (SSSR count). The molecule has 0 aliphatic heterocycles. The fourth-order valence-corrected chi connectivity index (χ4v) is 1.38. The zero-order valence-electron chi connectivity index (χ0n) is 8.37. The Labute approximate surface area is 98.5 Å². The van der Waals surface area contributed by atoms with Crippen molar-refractivity contribution in [2.24, 2.45) is 0 Å². The van der Waals surface area contributed by atoms with Gasteiger partial charge in [0.2, 0.25) is 5.82 Å². The number of hydrogen-bond donors (Lipinski definition) is 0. The molecule has 1 aromatic rings. The fourth-order valence-electron chi connectivity index (χ4n) is 1.07. The summed E-state index contributed by atoms with van der Waals surface area (Å²) in [5.74, 6) is -3.36. The summed E-state index contributed by atoms with van der Waals surface area (Å²) in [6.45, 7) is 1.98. The van der Waals surface area contributed by atoms with Gasteiger partial charge in [-0.1, -0.05) is 6.92 Å². The van der Waals surface area contributed by atoms with Crippen LogP contribution in [0.1, 0.15) is 18.9 Å². The van der Waals surface area contributed by atoms with Crippen molar-refractivity contribution in [1.82, 2.24) is 0 Å². The number of alkyl halides is 3. The molecule has 0 spiro atoms. The topological polar surface area (TPSA) is 9.23 Å². The van der Waals surface area contributed by atoms with Crippen molar-refractivity contribution in [2.75, 3.05) is 6.61 Å². The molecule has 1 nitrogen and oxygen atoms in total. The molecule has 0 amide bonds.